The number of hydrogen-bond acceptors (Lipinski definition) is 4. The smallest absolute Gasteiger partial charge is 0.258 e. The average molecular weight is 395 g/mol. The number of aromatic amines is 1. The van der Waals surface area contributed by atoms with Gasteiger partial charge < -0.3 is 14.6 Å². The Labute approximate surface area is 162 Å². The van der Waals surface area contributed by atoms with Crippen LogP contribution in [0, 0.1) is 4.77 Å². The summed E-state index contributed by atoms with van der Waals surface area (Å²) in [5, 5.41) is 10.3. The summed E-state index contributed by atoms with van der Waals surface area (Å²) in [5.74, 6) is 1.66. The number of amides is 1. The first-order valence-electron chi connectivity index (χ1n) is 8.84. The lowest BCUT2D eigenvalue weighted by Gasteiger charge is -2.24. The summed E-state index contributed by atoms with van der Waals surface area (Å²) in [6.45, 7) is 0.248. The van der Waals surface area contributed by atoms with Crippen molar-refractivity contribution < 1.29 is 9.53 Å². The maximum atomic E-state index is 12.1. The van der Waals surface area contributed by atoms with Crippen molar-refractivity contribution in [2.24, 2.45) is 7.05 Å². The van der Waals surface area contributed by atoms with Gasteiger partial charge in [-0.3, -0.25) is 9.89 Å². The van der Waals surface area contributed by atoms with Gasteiger partial charge in [-0.25, -0.2) is 0 Å². The first kappa shape index (κ1) is 18.9. The molecular formula is C18H23ClN4O2S. The third-order valence-electron chi connectivity index (χ3n) is 4.79. The standard InChI is InChI=1S/C18H23ClN4O2S/c1-23-16(21-22-18(23)26)10-20-17(24)11-25-15-8-7-13(19)9-14(15)12-5-3-2-4-6-12/h7-9,12H,2-6,10-11H2,1H3,(H,20,24)(H,22,26). The van der Waals surface area contributed by atoms with E-state index >= 15 is 0 Å². The fourth-order valence-corrected chi connectivity index (χ4v) is 3.62. The number of aromatic nitrogens is 3. The summed E-state index contributed by atoms with van der Waals surface area (Å²) in [6, 6.07) is 5.63. The van der Waals surface area contributed by atoms with E-state index in [1.807, 2.05) is 12.1 Å². The maximum absolute atomic E-state index is 12.1. The van der Waals surface area contributed by atoms with Crippen LogP contribution >= 0.6 is 23.8 Å². The SMILES string of the molecule is Cn1c(CNC(=O)COc2ccc(Cl)cc2C2CCCCC2)n[nH]c1=S. The number of nitrogens with one attached hydrogen (secondary N) is 2. The van der Waals surface area contributed by atoms with Crippen molar-refractivity contribution >= 4 is 29.7 Å². The predicted molar refractivity (Wildman–Crippen MR) is 103 cm³/mol. The van der Waals surface area contributed by atoms with Crippen LogP contribution in [0.1, 0.15) is 49.4 Å². The van der Waals surface area contributed by atoms with Crippen LogP contribution in [0.2, 0.25) is 5.02 Å². The van der Waals surface area contributed by atoms with Crippen LogP contribution in [0.25, 0.3) is 0 Å². The zero-order valence-electron chi connectivity index (χ0n) is 14.8. The maximum Gasteiger partial charge on any atom is 0.258 e. The van der Waals surface area contributed by atoms with Crippen LogP contribution in [0.15, 0.2) is 18.2 Å². The molecule has 6 nitrogen and oxygen atoms in total. The van der Waals surface area contributed by atoms with Crippen molar-refractivity contribution in [2.45, 2.75) is 44.6 Å². The largest absolute Gasteiger partial charge is 0.483 e. The second kappa shape index (κ2) is 8.68. The van der Waals surface area contributed by atoms with Gasteiger partial charge in [-0.1, -0.05) is 30.9 Å². The van der Waals surface area contributed by atoms with E-state index in [1.165, 1.54) is 19.3 Å². The molecule has 0 atom stereocenters. The molecule has 0 saturated heterocycles. The summed E-state index contributed by atoms with van der Waals surface area (Å²) >= 11 is 11.2. The molecule has 140 valence electrons. The molecule has 26 heavy (non-hydrogen) atoms. The molecule has 1 saturated carbocycles. The van der Waals surface area contributed by atoms with Crippen molar-refractivity contribution in [3.63, 3.8) is 0 Å². The van der Waals surface area contributed by atoms with E-state index in [0.29, 0.717) is 28.1 Å². The molecule has 1 aliphatic carbocycles. The number of rotatable bonds is 6. The van der Waals surface area contributed by atoms with Gasteiger partial charge in [0.1, 0.15) is 5.75 Å². The third-order valence-corrected chi connectivity index (χ3v) is 5.39. The summed E-state index contributed by atoms with van der Waals surface area (Å²) in [5.41, 5.74) is 1.11. The Balaban J connectivity index is 1.59. The first-order valence-corrected chi connectivity index (χ1v) is 9.62. The number of hydrogen-bond donors (Lipinski definition) is 2. The van der Waals surface area contributed by atoms with Crippen molar-refractivity contribution in [3.05, 3.63) is 39.4 Å². The number of H-pyrrole nitrogens is 1. The fourth-order valence-electron chi connectivity index (χ4n) is 3.29. The zero-order chi connectivity index (χ0) is 18.5. The molecule has 1 aromatic heterocycles. The lowest BCUT2D eigenvalue weighted by atomic mass is 9.84. The molecular weight excluding hydrogens is 372 g/mol. The summed E-state index contributed by atoms with van der Waals surface area (Å²) in [6.07, 6.45) is 6.02. The van der Waals surface area contributed by atoms with E-state index in [9.17, 15) is 4.79 Å². The van der Waals surface area contributed by atoms with Crippen molar-refractivity contribution in [3.8, 4) is 5.75 Å². The van der Waals surface area contributed by atoms with Crippen LogP contribution in [0.3, 0.4) is 0 Å². The van der Waals surface area contributed by atoms with Crippen molar-refractivity contribution in [1.82, 2.24) is 20.1 Å². The highest BCUT2D eigenvalue weighted by Crippen LogP contribution is 2.38. The van der Waals surface area contributed by atoms with E-state index in [0.717, 1.165) is 24.2 Å². The number of nitrogens with zero attached hydrogens (tertiary/aromatic N) is 2. The lowest BCUT2D eigenvalue weighted by Crippen LogP contribution is -2.29. The van der Waals surface area contributed by atoms with Crippen LogP contribution in [0.5, 0.6) is 5.75 Å². The van der Waals surface area contributed by atoms with Gasteiger partial charge in [0.25, 0.3) is 5.91 Å². The quantitative estimate of drug-likeness (QED) is 0.729. The number of carbonyl (C=O) groups is 1. The Kier molecular flexibility index (Phi) is 6.32. The average Bonchev–Trinajstić information content (AvgIpc) is 2.98. The third kappa shape index (κ3) is 4.65. The first-order chi connectivity index (χ1) is 12.5. The highest BCUT2D eigenvalue weighted by Gasteiger charge is 2.20. The van der Waals surface area contributed by atoms with E-state index in [4.69, 9.17) is 28.6 Å². The van der Waals surface area contributed by atoms with Crippen LogP contribution < -0.4 is 10.1 Å². The number of benzene rings is 1. The minimum absolute atomic E-state index is 0.0454. The molecule has 0 radical (unpaired) electrons. The van der Waals surface area contributed by atoms with Gasteiger partial charge >= 0.3 is 0 Å². The van der Waals surface area contributed by atoms with Crippen LogP contribution in [0.4, 0.5) is 0 Å². The van der Waals surface area contributed by atoms with Gasteiger partial charge in [-0.2, -0.15) is 5.10 Å². The molecule has 8 heteroatoms. The van der Waals surface area contributed by atoms with E-state index in [2.05, 4.69) is 15.5 Å². The molecule has 0 aliphatic heterocycles. The van der Waals surface area contributed by atoms with E-state index < -0.39 is 0 Å². The van der Waals surface area contributed by atoms with Gasteiger partial charge in [-0.05, 0) is 54.7 Å². The van der Waals surface area contributed by atoms with Gasteiger partial charge in [0.05, 0.1) is 6.54 Å². The normalized spacial score (nSPS) is 15.0. The molecule has 0 spiro atoms. The lowest BCUT2D eigenvalue weighted by molar-refractivity contribution is -0.123. The Morgan fingerprint density at radius 3 is 2.88 bits per heavy atom. The van der Waals surface area contributed by atoms with Crippen molar-refractivity contribution in [1.29, 1.82) is 0 Å². The summed E-state index contributed by atoms with van der Waals surface area (Å²) < 4.78 is 8.04. The zero-order valence-corrected chi connectivity index (χ0v) is 16.3. The molecule has 1 fully saturated rings. The second-order valence-corrected chi connectivity index (χ2v) is 7.41. The molecule has 1 heterocycles. The molecule has 3 rings (SSSR count). The molecule has 0 unspecified atom stereocenters. The Bertz CT molecular complexity index is 827. The van der Waals surface area contributed by atoms with Gasteiger partial charge in [-0.15, -0.1) is 0 Å². The highest BCUT2D eigenvalue weighted by molar-refractivity contribution is 7.71. The van der Waals surface area contributed by atoms with E-state index in [1.54, 1.807) is 17.7 Å². The minimum atomic E-state index is -0.205. The summed E-state index contributed by atoms with van der Waals surface area (Å²) in [4.78, 5) is 12.1. The molecule has 1 aliphatic rings. The predicted octanol–water partition coefficient (Wildman–Crippen LogP) is 3.87. The molecule has 1 amide bonds. The second-order valence-electron chi connectivity index (χ2n) is 6.59. The minimum Gasteiger partial charge on any atom is -0.483 e. The Morgan fingerprint density at radius 1 is 1.42 bits per heavy atom. The van der Waals surface area contributed by atoms with Crippen LogP contribution in [-0.4, -0.2) is 27.3 Å². The Hall–Kier alpha value is -1.86. The van der Waals surface area contributed by atoms with Gasteiger partial charge in [0.15, 0.2) is 17.2 Å². The molecule has 1 aromatic carbocycles. The molecule has 2 aromatic rings. The molecule has 0 bridgehead atoms. The van der Waals surface area contributed by atoms with Gasteiger partial charge in [0.2, 0.25) is 0 Å². The summed E-state index contributed by atoms with van der Waals surface area (Å²) in [7, 11) is 1.80. The number of ether oxygens (including phenoxy) is 1. The van der Waals surface area contributed by atoms with Crippen molar-refractivity contribution in [2.75, 3.05) is 6.61 Å². The number of carbonyl (C=O) groups excluding carboxylic acids is 1. The monoisotopic (exact) mass is 394 g/mol. The Morgan fingerprint density at radius 2 is 2.19 bits per heavy atom. The number of halogens is 1. The highest BCUT2D eigenvalue weighted by atomic mass is 35.5. The van der Waals surface area contributed by atoms with Gasteiger partial charge in [0, 0.05) is 12.1 Å². The van der Waals surface area contributed by atoms with Crippen LogP contribution in [-0.2, 0) is 18.4 Å². The fraction of sp³-hybridized carbons (Fsp3) is 0.500. The topological polar surface area (TPSA) is 71.9 Å². The molecule has 2 N–H and O–H groups in total. The van der Waals surface area contributed by atoms with E-state index in [-0.39, 0.29) is 12.5 Å².